The molecule has 0 heterocycles. The van der Waals surface area contributed by atoms with Crippen LogP contribution in [0.3, 0.4) is 0 Å². The van der Waals surface area contributed by atoms with Gasteiger partial charge in [0.05, 0.1) is 6.10 Å². The van der Waals surface area contributed by atoms with E-state index in [0.29, 0.717) is 6.10 Å². The quantitative estimate of drug-likeness (QED) is 0.343. The van der Waals surface area contributed by atoms with Crippen LogP contribution in [-0.2, 0) is 14.3 Å². The standard InChI is InChI=1S/C23H45NO3/c1-4-15-24-27-23(22-13-7-19(2)8-14-22)6-5-16-26-18-21-11-9-20(10-12-21)17-25-3/h19-24H,4-18H2,1-3H3. The zero-order valence-corrected chi connectivity index (χ0v) is 18.2. The Labute approximate surface area is 168 Å². The summed E-state index contributed by atoms with van der Waals surface area (Å²) in [4.78, 5) is 6.07. The molecule has 0 amide bonds. The first kappa shape index (κ1) is 23.1. The molecule has 0 aromatic carbocycles. The van der Waals surface area contributed by atoms with Gasteiger partial charge in [0, 0.05) is 33.5 Å². The van der Waals surface area contributed by atoms with Crippen LogP contribution < -0.4 is 5.48 Å². The van der Waals surface area contributed by atoms with E-state index >= 15 is 0 Å². The summed E-state index contributed by atoms with van der Waals surface area (Å²) >= 11 is 0. The molecule has 4 nitrogen and oxygen atoms in total. The average molecular weight is 384 g/mol. The minimum Gasteiger partial charge on any atom is -0.384 e. The van der Waals surface area contributed by atoms with Crippen LogP contribution in [0, 0.1) is 23.7 Å². The Balaban J connectivity index is 1.58. The smallest absolute Gasteiger partial charge is 0.0819 e. The third-order valence-electron chi connectivity index (χ3n) is 6.67. The number of methoxy groups -OCH3 is 1. The molecular weight excluding hydrogens is 338 g/mol. The Bertz CT molecular complexity index is 350. The average Bonchev–Trinajstić information content (AvgIpc) is 2.69. The number of hydrogen-bond acceptors (Lipinski definition) is 4. The first-order valence-electron chi connectivity index (χ1n) is 11.7. The van der Waals surface area contributed by atoms with Crippen LogP contribution >= 0.6 is 0 Å². The molecule has 160 valence electrons. The first-order valence-corrected chi connectivity index (χ1v) is 11.7. The van der Waals surface area contributed by atoms with Crippen LogP contribution in [0.5, 0.6) is 0 Å². The molecule has 2 rings (SSSR count). The Hall–Kier alpha value is -0.160. The summed E-state index contributed by atoms with van der Waals surface area (Å²) in [6, 6.07) is 0. The van der Waals surface area contributed by atoms with Crippen LogP contribution in [0.1, 0.15) is 84.5 Å². The van der Waals surface area contributed by atoms with Gasteiger partial charge in [-0.3, -0.25) is 4.84 Å². The van der Waals surface area contributed by atoms with Crippen molar-refractivity contribution in [3.8, 4) is 0 Å². The van der Waals surface area contributed by atoms with Gasteiger partial charge in [0.25, 0.3) is 0 Å². The fourth-order valence-electron chi connectivity index (χ4n) is 4.75. The number of ether oxygens (including phenoxy) is 2. The Kier molecular flexibility index (Phi) is 11.9. The molecule has 0 bridgehead atoms. The van der Waals surface area contributed by atoms with E-state index in [1.165, 1.54) is 51.4 Å². The summed E-state index contributed by atoms with van der Waals surface area (Å²) in [7, 11) is 1.82. The van der Waals surface area contributed by atoms with E-state index in [1.54, 1.807) is 0 Å². The van der Waals surface area contributed by atoms with Gasteiger partial charge >= 0.3 is 0 Å². The summed E-state index contributed by atoms with van der Waals surface area (Å²) in [6.45, 7) is 8.28. The van der Waals surface area contributed by atoms with E-state index in [2.05, 4.69) is 19.3 Å². The second-order valence-corrected chi connectivity index (χ2v) is 9.13. The Morgan fingerprint density at radius 1 is 0.926 bits per heavy atom. The van der Waals surface area contributed by atoms with E-state index in [4.69, 9.17) is 14.3 Å². The summed E-state index contributed by atoms with van der Waals surface area (Å²) in [5, 5.41) is 0. The lowest BCUT2D eigenvalue weighted by atomic mass is 9.79. The van der Waals surface area contributed by atoms with Crippen LogP contribution in [-0.4, -0.2) is 39.6 Å². The van der Waals surface area contributed by atoms with Gasteiger partial charge in [0.1, 0.15) is 0 Å². The number of hydrogen-bond donors (Lipinski definition) is 1. The van der Waals surface area contributed by atoms with Crippen molar-refractivity contribution < 1.29 is 14.3 Å². The maximum Gasteiger partial charge on any atom is 0.0819 e. The molecule has 0 radical (unpaired) electrons. The van der Waals surface area contributed by atoms with E-state index in [0.717, 1.165) is 69.3 Å². The maximum absolute atomic E-state index is 6.07. The van der Waals surface area contributed by atoms with Gasteiger partial charge in [-0.25, -0.2) is 5.48 Å². The molecule has 0 aromatic heterocycles. The normalized spacial score (nSPS) is 30.3. The summed E-state index contributed by atoms with van der Waals surface area (Å²) in [5.41, 5.74) is 3.20. The van der Waals surface area contributed by atoms with Gasteiger partial charge in [-0.05, 0) is 81.5 Å². The van der Waals surface area contributed by atoms with Crippen LogP contribution in [0.25, 0.3) is 0 Å². The zero-order valence-electron chi connectivity index (χ0n) is 18.2. The molecule has 27 heavy (non-hydrogen) atoms. The highest BCUT2D eigenvalue weighted by molar-refractivity contribution is 4.77. The molecule has 2 aliphatic rings. The molecule has 4 heteroatoms. The summed E-state index contributed by atoms with van der Waals surface area (Å²) in [5.74, 6) is 3.16. The zero-order chi connectivity index (χ0) is 19.3. The lowest BCUT2D eigenvalue weighted by Gasteiger charge is -2.32. The minimum absolute atomic E-state index is 0.358. The number of nitrogens with one attached hydrogen (secondary N) is 1. The van der Waals surface area contributed by atoms with Crippen molar-refractivity contribution in [3.05, 3.63) is 0 Å². The minimum atomic E-state index is 0.358. The van der Waals surface area contributed by atoms with E-state index in [9.17, 15) is 0 Å². The van der Waals surface area contributed by atoms with Crippen molar-refractivity contribution in [3.63, 3.8) is 0 Å². The van der Waals surface area contributed by atoms with Gasteiger partial charge in [-0.2, -0.15) is 0 Å². The number of rotatable bonds is 13. The van der Waals surface area contributed by atoms with Gasteiger partial charge in [-0.15, -0.1) is 0 Å². The van der Waals surface area contributed by atoms with Gasteiger partial charge in [0.15, 0.2) is 0 Å². The highest BCUT2D eigenvalue weighted by Gasteiger charge is 2.27. The third-order valence-corrected chi connectivity index (χ3v) is 6.67. The lowest BCUT2D eigenvalue weighted by Crippen LogP contribution is -2.33. The van der Waals surface area contributed by atoms with E-state index < -0.39 is 0 Å². The predicted molar refractivity (Wildman–Crippen MR) is 112 cm³/mol. The second-order valence-electron chi connectivity index (χ2n) is 9.13. The third kappa shape index (κ3) is 9.25. The molecule has 1 atom stereocenters. The van der Waals surface area contributed by atoms with Gasteiger partial charge in [-0.1, -0.05) is 26.7 Å². The van der Waals surface area contributed by atoms with Crippen molar-refractivity contribution in [2.75, 3.05) is 33.5 Å². The molecule has 0 saturated heterocycles. The Morgan fingerprint density at radius 2 is 1.59 bits per heavy atom. The second kappa shape index (κ2) is 13.9. The van der Waals surface area contributed by atoms with Crippen molar-refractivity contribution in [2.45, 2.75) is 90.6 Å². The molecule has 2 saturated carbocycles. The van der Waals surface area contributed by atoms with Crippen LogP contribution in [0.2, 0.25) is 0 Å². The monoisotopic (exact) mass is 383 g/mol. The highest BCUT2D eigenvalue weighted by atomic mass is 16.7. The largest absolute Gasteiger partial charge is 0.384 e. The fraction of sp³-hybridized carbons (Fsp3) is 1.00. The molecular formula is C23H45NO3. The predicted octanol–water partition coefficient (Wildman–Crippen LogP) is 5.36. The lowest BCUT2D eigenvalue weighted by molar-refractivity contribution is -0.0720. The van der Waals surface area contributed by atoms with Crippen molar-refractivity contribution in [2.24, 2.45) is 23.7 Å². The van der Waals surface area contributed by atoms with Gasteiger partial charge in [0.2, 0.25) is 0 Å². The van der Waals surface area contributed by atoms with Crippen molar-refractivity contribution >= 4 is 0 Å². The first-order chi connectivity index (χ1) is 13.2. The summed E-state index contributed by atoms with van der Waals surface area (Å²) < 4.78 is 11.3. The molecule has 0 aromatic rings. The van der Waals surface area contributed by atoms with Crippen molar-refractivity contribution in [1.29, 1.82) is 0 Å². The highest BCUT2D eigenvalue weighted by Crippen LogP contribution is 2.33. The maximum atomic E-state index is 6.07. The SMILES string of the molecule is CCCNOC(CCCOCC1CCC(COC)CC1)C1CCC(C)CC1. The Morgan fingerprint density at radius 3 is 2.22 bits per heavy atom. The van der Waals surface area contributed by atoms with E-state index in [-0.39, 0.29) is 0 Å². The molecule has 0 spiro atoms. The molecule has 2 aliphatic carbocycles. The molecule has 1 unspecified atom stereocenters. The molecule has 1 N–H and O–H groups in total. The van der Waals surface area contributed by atoms with Crippen molar-refractivity contribution in [1.82, 2.24) is 5.48 Å². The summed E-state index contributed by atoms with van der Waals surface area (Å²) in [6.07, 6.45) is 14.3. The molecule has 0 aliphatic heterocycles. The number of hydroxylamine groups is 1. The van der Waals surface area contributed by atoms with Crippen LogP contribution in [0.4, 0.5) is 0 Å². The topological polar surface area (TPSA) is 39.7 Å². The molecule has 2 fully saturated rings. The van der Waals surface area contributed by atoms with Gasteiger partial charge < -0.3 is 9.47 Å². The van der Waals surface area contributed by atoms with E-state index in [1.807, 2.05) is 7.11 Å². The van der Waals surface area contributed by atoms with Crippen LogP contribution in [0.15, 0.2) is 0 Å². The fourth-order valence-corrected chi connectivity index (χ4v) is 4.75.